The fourth-order valence-electron chi connectivity index (χ4n) is 2.03. The second-order valence-corrected chi connectivity index (χ2v) is 4.75. The minimum absolute atomic E-state index is 0.597. The van der Waals surface area contributed by atoms with Crippen LogP contribution in [-0.2, 0) is 0 Å². The molecule has 16 heavy (non-hydrogen) atoms. The van der Waals surface area contributed by atoms with Gasteiger partial charge in [0.1, 0.15) is 0 Å². The lowest BCUT2D eigenvalue weighted by atomic mass is 10.1. The van der Waals surface area contributed by atoms with Gasteiger partial charge in [0, 0.05) is 38.6 Å². The van der Waals surface area contributed by atoms with Gasteiger partial charge in [-0.05, 0) is 19.4 Å². The summed E-state index contributed by atoms with van der Waals surface area (Å²) in [5, 5.41) is 0. The molecular formula is C13H21N3. The Morgan fingerprint density at radius 1 is 1.25 bits per heavy atom. The maximum atomic E-state index is 4.33. The van der Waals surface area contributed by atoms with Gasteiger partial charge >= 0.3 is 0 Å². The van der Waals surface area contributed by atoms with Crippen LogP contribution in [0.25, 0.3) is 0 Å². The number of likely N-dealkylation sites (N-methyl/N-ethyl adjacent to an activating group) is 1. The summed E-state index contributed by atoms with van der Waals surface area (Å²) in [6.45, 7) is 6.77. The second-order valence-electron chi connectivity index (χ2n) is 4.75. The molecule has 0 aliphatic carbocycles. The maximum absolute atomic E-state index is 4.33. The Morgan fingerprint density at radius 3 is 2.75 bits per heavy atom. The zero-order chi connectivity index (χ0) is 11.4. The molecule has 3 nitrogen and oxygen atoms in total. The first-order valence-electron chi connectivity index (χ1n) is 6.09. The van der Waals surface area contributed by atoms with Gasteiger partial charge in [-0.3, -0.25) is 4.99 Å². The molecule has 0 bridgehead atoms. The number of piperazine rings is 1. The highest BCUT2D eigenvalue weighted by atomic mass is 15.3. The second kappa shape index (κ2) is 5.30. The Hall–Kier alpha value is -1.09. The lowest BCUT2D eigenvalue weighted by Crippen LogP contribution is -2.44. The third-order valence-electron chi connectivity index (χ3n) is 3.27. The molecule has 1 fully saturated rings. The highest BCUT2D eigenvalue weighted by Crippen LogP contribution is 2.13. The molecule has 0 radical (unpaired) electrons. The lowest BCUT2D eigenvalue weighted by Gasteiger charge is -2.34. The van der Waals surface area contributed by atoms with E-state index < -0.39 is 0 Å². The Bertz CT molecular complexity index is 309. The van der Waals surface area contributed by atoms with Crippen LogP contribution in [-0.4, -0.2) is 49.2 Å². The van der Waals surface area contributed by atoms with Crippen LogP contribution in [0.1, 0.15) is 13.3 Å². The van der Waals surface area contributed by atoms with Crippen molar-refractivity contribution in [2.45, 2.75) is 13.3 Å². The van der Waals surface area contributed by atoms with E-state index in [2.05, 4.69) is 40.9 Å². The van der Waals surface area contributed by atoms with Gasteiger partial charge in [-0.25, -0.2) is 0 Å². The van der Waals surface area contributed by atoms with Crippen molar-refractivity contribution in [2.75, 3.05) is 33.2 Å². The molecule has 2 heterocycles. The number of hydrogen-bond acceptors (Lipinski definition) is 3. The minimum Gasteiger partial charge on any atom is -0.368 e. The van der Waals surface area contributed by atoms with Crippen LogP contribution < -0.4 is 0 Å². The summed E-state index contributed by atoms with van der Waals surface area (Å²) in [7, 11) is 2.18. The van der Waals surface area contributed by atoms with Crippen LogP contribution in [0.15, 0.2) is 29.0 Å². The topological polar surface area (TPSA) is 18.8 Å². The summed E-state index contributed by atoms with van der Waals surface area (Å²) in [6, 6.07) is 0. The molecule has 2 aliphatic rings. The monoisotopic (exact) mass is 219 g/mol. The Labute approximate surface area is 98.1 Å². The number of allylic oxidation sites excluding steroid dienone is 3. The third-order valence-corrected chi connectivity index (χ3v) is 3.27. The molecule has 0 aromatic carbocycles. The Kier molecular flexibility index (Phi) is 3.78. The molecule has 0 N–H and O–H groups in total. The van der Waals surface area contributed by atoms with Gasteiger partial charge in [0.25, 0.3) is 0 Å². The fraction of sp³-hybridized carbons (Fsp3) is 0.615. The van der Waals surface area contributed by atoms with E-state index in [0.717, 1.165) is 32.6 Å². The fourth-order valence-corrected chi connectivity index (χ4v) is 2.03. The predicted octanol–water partition coefficient (Wildman–Crippen LogP) is 1.74. The zero-order valence-corrected chi connectivity index (χ0v) is 10.3. The van der Waals surface area contributed by atoms with Gasteiger partial charge < -0.3 is 9.80 Å². The first-order valence-corrected chi connectivity index (χ1v) is 6.09. The number of hydrogen-bond donors (Lipinski definition) is 0. The zero-order valence-electron chi connectivity index (χ0n) is 10.3. The highest BCUT2D eigenvalue weighted by molar-refractivity contribution is 5.78. The van der Waals surface area contributed by atoms with Gasteiger partial charge in [-0.2, -0.15) is 0 Å². The standard InChI is InChI=1S/C13H21N3/c1-12-3-4-13(11-14-6-5-12)16-9-7-15(2)8-10-16/h4-6,11-12H,3,7-10H2,1-2H3. The maximum Gasteiger partial charge on any atom is 0.0512 e. The van der Waals surface area contributed by atoms with E-state index in [1.54, 1.807) is 0 Å². The smallest absolute Gasteiger partial charge is 0.0512 e. The molecular weight excluding hydrogens is 198 g/mol. The van der Waals surface area contributed by atoms with Gasteiger partial charge in [0.2, 0.25) is 0 Å². The van der Waals surface area contributed by atoms with Crippen LogP contribution in [0.2, 0.25) is 0 Å². The largest absolute Gasteiger partial charge is 0.368 e. The summed E-state index contributed by atoms with van der Waals surface area (Å²) < 4.78 is 0. The van der Waals surface area contributed by atoms with Gasteiger partial charge in [0.05, 0.1) is 5.70 Å². The molecule has 2 aliphatic heterocycles. The van der Waals surface area contributed by atoms with Crippen molar-refractivity contribution in [1.82, 2.24) is 9.80 Å². The first kappa shape index (κ1) is 11.4. The van der Waals surface area contributed by atoms with Crippen molar-refractivity contribution in [3.05, 3.63) is 24.0 Å². The van der Waals surface area contributed by atoms with Gasteiger partial charge in [0.15, 0.2) is 0 Å². The number of nitrogens with zero attached hydrogens (tertiary/aromatic N) is 3. The summed E-state index contributed by atoms with van der Waals surface area (Å²) in [6.07, 6.45) is 9.52. The average Bonchev–Trinajstić information content (AvgIpc) is 2.26. The molecule has 88 valence electrons. The third kappa shape index (κ3) is 2.95. The van der Waals surface area contributed by atoms with E-state index >= 15 is 0 Å². The SMILES string of the molecule is CC1C=CN=CC(N2CCN(C)CC2)=CC1. The number of rotatable bonds is 1. The van der Waals surface area contributed by atoms with E-state index in [1.165, 1.54) is 5.70 Å². The van der Waals surface area contributed by atoms with Crippen molar-refractivity contribution >= 4 is 6.21 Å². The molecule has 0 aromatic rings. The van der Waals surface area contributed by atoms with Crippen LogP contribution in [0.4, 0.5) is 0 Å². The van der Waals surface area contributed by atoms with Crippen molar-refractivity contribution in [3.63, 3.8) is 0 Å². The normalized spacial score (nSPS) is 27.5. The van der Waals surface area contributed by atoms with Gasteiger partial charge in [-0.15, -0.1) is 0 Å². The van der Waals surface area contributed by atoms with E-state index in [9.17, 15) is 0 Å². The van der Waals surface area contributed by atoms with Crippen molar-refractivity contribution in [3.8, 4) is 0 Å². The summed E-state index contributed by atoms with van der Waals surface area (Å²) in [4.78, 5) is 9.14. The quantitative estimate of drug-likeness (QED) is 0.669. The van der Waals surface area contributed by atoms with Crippen molar-refractivity contribution in [2.24, 2.45) is 10.9 Å². The predicted molar refractivity (Wildman–Crippen MR) is 68.6 cm³/mol. The van der Waals surface area contributed by atoms with Crippen LogP contribution in [0, 0.1) is 5.92 Å². The molecule has 1 unspecified atom stereocenters. The Morgan fingerprint density at radius 2 is 2.00 bits per heavy atom. The average molecular weight is 219 g/mol. The summed E-state index contributed by atoms with van der Waals surface area (Å²) in [5.74, 6) is 0.597. The molecule has 3 heteroatoms. The van der Waals surface area contributed by atoms with E-state index in [4.69, 9.17) is 0 Å². The molecule has 0 aromatic heterocycles. The van der Waals surface area contributed by atoms with Crippen molar-refractivity contribution < 1.29 is 0 Å². The summed E-state index contributed by atoms with van der Waals surface area (Å²) >= 11 is 0. The minimum atomic E-state index is 0.597. The van der Waals surface area contributed by atoms with E-state index in [1.807, 2.05) is 12.4 Å². The first-order chi connectivity index (χ1) is 7.75. The molecule has 0 saturated carbocycles. The molecule has 1 saturated heterocycles. The van der Waals surface area contributed by atoms with Crippen LogP contribution >= 0.6 is 0 Å². The van der Waals surface area contributed by atoms with Gasteiger partial charge in [-0.1, -0.05) is 19.1 Å². The van der Waals surface area contributed by atoms with Crippen LogP contribution in [0.5, 0.6) is 0 Å². The Balaban J connectivity index is 2.02. The summed E-state index contributed by atoms with van der Waals surface area (Å²) in [5.41, 5.74) is 1.30. The van der Waals surface area contributed by atoms with Crippen LogP contribution in [0.3, 0.4) is 0 Å². The molecule has 2 rings (SSSR count). The van der Waals surface area contributed by atoms with E-state index in [-0.39, 0.29) is 0 Å². The van der Waals surface area contributed by atoms with E-state index in [0.29, 0.717) is 5.92 Å². The number of aliphatic imine (C=N–C) groups is 1. The molecule has 1 atom stereocenters. The lowest BCUT2D eigenvalue weighted by molar-refractivity contribution is 0.192. The van der Waals surface area contributed by atoms with Crippen molar-refractivity contribution in [1.29, 1.82) is 0 Å². The molecule has 0 amide bonds. The highest BCUT2D eigenvalue weighted by Gasteiger charge is 2.15. The molecule has 0 spiro atoms.